The lowest BCUT2D eigenvalue weighted by molar-refractivity contribution is 0.698. The molecule has 6 heteroatoms. The highest BCUT2D eigenvalue weighted by Crippen LogP contribution is 2.13. The van der Waals surface area contributed by atoms with Gasteiger partial charge in [0.1, 0.15) is 0 Å². The maximum absolute atomic E-state index is 4.34. The van der Waals surface area contributed by atoms with Gasteiger partial charge in [0.2, 0.25) is 5.82 Å². The molecule has 0 spiro atoms. The van der Waals surface area contributed by atoms with Gasteiger partial charge in [0, 0.05) is 18.3 Å². The van der Waals surface area contributed by atoms with Crippen LogP contribution in [0.2, 0.25) is 0 Å². The van der Waals surface area contributed by atoms with E-state index in [1.807, 2.05) is 49.5 Å². The minimum absolute atomic E-state index is 0.590. The van der Waals surface area contributed by atoms with Crippen molar-refractivity contribution in [2.24, 2.45) is 0 Å². The summed E-state index contributed by atoms with van der Waals surface area (Å²) in [6, 6.07) is 13.6. The lowest BCUT2D eigenvalue weighted by Crippen LogP contribution is -2.07. The summed E-state index contributed by atoms with van der Waals surface area (Å²) in [6.45, 7) is 0.785. The summed E-state index contributed by atoms with van der Waals surface area (Å²) in [6.07, 6.45) is 1.80. The summed E-state index contributed by atoms with van der Waals surface area (Å²) in [7, 11) is 1.90. The van der Waals surface area contributed by atoms with Crippen molar-refractivity contribution in [3.8, 4) is 17.2 Å². The van der Waals surface area contributed by atoms with Crippen LogP contribution >= 0.6 is 0 Å². The third kappa shape index (κ3) is 2.55. The standard InChI is InChI=1S/C14H14N6/c1-15-9-11-7-8-13(16-10-11)20-18-14(17-19-20)12-5-3-2-4-6-12/h2-8,10,15H,9H2,1H3. The van der Waals surface area contributed by atoms with Crippen molar-refractivity contribution < 1.29 is 0 Å². The number of rotatable bonds is 4. The van der Waals surface area contributed by atoms with Crippen LogP contribution in [0.3, 0.4) is 0 Å². The minimum atomic E-state index is 0.590. The SMILES string of the molecule is CNCc1ccc(-n2nnc(-c3ccccc3)n2)nc1. The van der Waals surface area contributed by atoms with E-state index in [4.69, 9.17) is 0 Å². The van der Waals surface area contributed by atoms with Gasteiger partial charge >= 0.3 is 0 Å². The van der Waals surface area contributed by atoms with Crippen LogP contribution in [0.15, 0.2) is 48.7 Å². The molecule has 2 heterocycles. The second-order valence-electron chi connectivity index (χ2n) is 4.32. The number of nitrogens with zero attached hydrogens (tertiary/aromatic N) is 5. The van der Waals surface area contributed by atoms with Gasteiger partial charge in [-0.2, -0.15) is 0 Å². The molecule has 0 amide bonds. The molecule has 0 radical (unpaired) electrons. The quantitative estimate of drug-likeness (QED) is 0.774. The smallest absolute Gasteiger partial charge is 0.205 e. The lowest BCUT2D eigenvalue weighted by Gasteiger charge is -2.00. The number of tetrazole rings is 1. The summed E-state index contributed by atoms with van der Waals surface area (Å²) in [5.74, 6) is 1.24. The van der Waals surface area contributed by atoms with E-state index in [1.165, 1.54) is 4.80 Å². The van der Waals surface area contributed by atoms with Gasteiger partial charge in [0.15, 0.2) is 5.82 Å². The summed E-state index contributed by atoms with van der Waals surface area (Å²) >= 11 is 0. The Balaban J connectivity index is 1.86. The average Bonchev–Trinajstić information content (AvgIpc) is 2.99. The average molecular weight is 266 g/mol. The monoisotopic (exact) mass is 266 g/mol. The Bertz CT molecular complexity index is 674. The summed E-state index contributed by atoms with van der Waals surface area (Å²) in [4.78, 5) is 5.77. The first-order valence-corrected chi connectivity index (χ1v) is 6.32. The van der Waals surface area contributed by atoms with E-state index in [1.54, 1.807) is 6.20 Å². The second kappa shape index (κ2) is 5.58. The number of hydrogen-bond acceptors (Lipinski definition) is 5. The third-order valence-corrected chi connectivity index (χ3v) is 2.84. The van der Waals surface area contributed by atoms with Gasteiger partial charge in [0.25, 0.3) is 0 Å². The molecule has 3 aromatic rings. The Labute approximate surface area is 116 Å². The molecule has 6 nitrogen and oxygen atoms in total. The molecule has 0 unspecified atom stereocenters. The predicted molar refractivity (Wildman–Crippen MR) is 75.1 cm³/mol. The van der Waals surface area contributed by atoms with Crippen LogP contribution < -0.4 is 5.32 Å². The normalized spacial score (nSPS) is 10.7. The molecule has 1 aromatic carbocycles. The molecule has 0 saturated carbocycles. The van der Waals surface area contributed by atoms with Crippen molar-refractivity contribution >= 4 is 0 Å². The number of nitrogens with one attached hydrogen (secondary N) is 1. The topological polar surface area (TPSA) is 68.5 Å². The Morgan fingerprint density at radius 3 is 2.65 bits per heavy atom. The fourth-order valence-electron chi connectivity index (χ4n) is 1.86. The van der Waals surface area contributed by atoms with Gasteiger partial charge in [-0.15, -0.1) is 15.0 Å². The first kappa shape index (κ1) is 12.4. The fraction of sp³-hybridized carbons (Fsp3) is 0.143. The largest absolute Gasteiger partial charge is 0.316 e. The molecule has 0 bridgehead atoms. The van der Waals surface area contributed by atoms with Gasteiger partial charge in [-0.1, -0.05) is 36.4 Å². The van der Waals surface area contributed by atoms with Crippen LogP contribution in [0.5, 0.6) is 0 Å². The maximum atomic E-state index is 4.34. The number of benzene rings is 1. The van der Waals surface area contributed by atoms with Crippen molar-refractivity contribution in [1.82, 2.24) is 30.5 Å². The first-order chi connectivity index (χ1) is 9.86. The van der Waals surface area contributed by atoms with Gasteiger partial charge in [-0.3, -0.25) is 0 Å². The van der Waals surface area contributed by atoms with E-state index < -0.39 is 0 Å². The van der Waals surface area contributed by atoms with Crippen molar-refractivity contribution in [3.63, 3.8) is 0 Å². The van der Waals surface area contributed by atoms with Crippen LogP contribution in [0, 0.1) is 0 Å². The van der Waals surface area contributed by atoms with Crippen LogP contribution in [-0.4, -0.2) is 32.2 Å². The summed E-state index contributed by atoms with van der Waals surface area (Å²) < 4.78 is 0. The van der Waals surface area contributed by atoms with Crippen LogP contribution in [0.25, 0.3) is 17.2 Å². The molecule has 1 N–H and O–H groups in total. The number of pyridine rings is 1. The van der Waals surface area contributed by atoms with E-state index in [2.05, 4.69) is 25.7 Å². The molecule has 100 valence electrons. The molecule has 0 aliphatic rings. The highest BCUT2D eigenvalue weighted by Gasteiger charge is 2.07. The molecule has 0 saturated heterocycles. The molecule has 0 fully saturated rings. The van der Waals surface area contributed by atoms with E-state index in [0.717, 1.165) is 17.7 Å². The minimum Gasteiger partial charge on any atom is -0.316 e. The Morgan fingerprint density at radius 1 is 1.10 bits per heavy atom. The van der Waals surface area contributed by atoms with Gasteiger partial charge in [-0.25, -0.2) is 4.98 Å². The predicted octanol–water partition coefficient (Wildman–Crippen LogP) is 1.44. The lowest BCUT2D eigenvalue weighted by atomic mass is 10.2. The van der Waals surface area contributed by atoms with Crippen LogP contribution in [-0.2, 0) is 6.54 Å². The zero-order valence-corrected chi connectivity index (χ0v) is 11.1. The van der Waals surface area contributed by atoms with Crippen LogP contribution in [0.4, 0.5) is 0 Å². The van der Waals surface area contributed by atoms with E-state index >= 15 is 0 Å². The molecular formula is C14H14N6. The van der Waals surface area contributed by atoms with E-state index in [0.29, 0.717) is 11.6 Å². The van der Waals surface area contributed by atoms with Gasteiger partial charge in [0.05, 0.1) is 0 Å². The van der Waals surface area contributed by atoms with Crippen molar-refractivity contribution in [2.45, 2.75) is 6.54 Å². The molecule has 0 aliphatic heterocycles. The molecule has 0 aliphatic carbocycles. The zero-order chi connectivity index (χ0) is 13.8. The second-order valence-corrected chi connectivity index (χ2v) is 4.32. The Morgan fingerprint density at radius 2 is 1.95 bits per heavy atom. The molecule has 20 heavy (non-hydrogen) atoms. The molecule has 3 rings (SSSR count). The Kier molecular flexibility index (Phi) is 3.47. The third-order valence-electron chi connectivity index (χ3n) is 2.84. The van der Waals surface area contributed by atoms with Crippen molar-refractivity contribution in [3.05, 3.63) is 54.2 Å². The fourth-order valence-corrected chi connectivity index (χ4v) is 1.86. The summed E-state index contributed by atoms with van der Waals surface area (Å²) in [5.41, 5.74) is 2.05. The number of aromatic nitrogens is 5. The highest BCUT2D eigenvalue weighted by atomic mass is 15.6. The van der Waals surface area contributed by atoms with E-state index in [-0.39, 0.29) is 0 Å². The van der Waals surface area contributed by atoms with Crippen LogP contribution in [0.1, 0.15) is 5.56 Å². The van der Waals surface area contributed by atoms with Gasteiger partial charge < -0.3 is 5.32 Å². The zero-order valence-electron chi connectivity index (χ0n) is 11.1. The maximum Gasteiger partial charge on any atom is 0.205 e. The molecule has 0 atom stereocenters. The summed E-state index contributed by atoms with van der Waals surface area (Å²) in [5, 5.41) is 15.5. The highest BCUT2D eigenvalue weighted by molar-refractivity contribution is 5.53. The number of hydrogen-bond donors (Lipinski definition) is 1. The van der Waals surface area contributed by atoms with Crippen molar-refractivity contribution in [2.75, 3.05) is 7.05 Å². The Hall–Kier alpha value is -2.60. The molecule has 2 aromatic heterocycles. The molecular weight excluding hydrogens is 252 g/mol. The van der Waals surface area contributed by atoms with Gasteiger partial charge in [-0.05, 0) is 23.9 Å². The first-order valence-electron chi connectivity index (χ1n) is 6.32. The van der Waals surface area contributed by atoms with Crippen molar-refractivity contribution in [1.29, 1.82) is 0 Å². The van der Waals surface area contributed by atoms with E-state index in [9.17, 15) is 0 Å².